The number of benzene rings is 2. The molecule has 0 saturated heterocycles. The average Bonchev–Trinajstić information content (AvgIpc) is 2.74. The topological polar surface area (TPSA) is 0 Å². The van der Waals surface area contributed by atoms with Crippen LogP contribution in [0.4, 0.5) is 0 Å². The van der Waals surface area contributed by atoms with Crippen molar-refractivity contribution in [1.82, 2.24) is 0 Å². The van der Waals surface area contributed by atoms with Crippen LogP contribution in [0.1, 0.15) is 23.6 Å². The first-order chi connectivity index (χ1) is 9.44. The van der Waals surface area contributed by atoms with Gasteiger partial charge in [-0.05, 0) is 41.2 Å². The Hall–Kier alpha value is -1.60. The van der Waals surface area contributed by atoms with E-state index in [1.807, 2.05) is 0 Å². The van der Waals surface area contributed by atoms with Crippen LogP contribution in [-0.4, -0.2) is 8.07 Å². The zero-order valence-electron chi connectivity index (χ0n) is 12.8. The second-order valence-corrected chi connectivity index (χ2v) is 11.9. The molecule has 0 aromatic heterocycles. The van der Waals surface area contributed by atoms with Gasteiger partial charge in [0, 0.05) is 0 Å². The molecular weight excluding hydrogens is 256 g/mol. The van der Waals surface area contributed by atoms with Crippen molar-refractivity contribution in [3.8, 4) is 11.1 Å². The van der Waals surface area contributed by atoms with E-state index in [2.05, 4.69) is 74.7 Å². The first-order valence-electron chi connectivity index (χ1n) is 7.35. The monoisotopic (exact) mass is 278 g/mol. The first kappa shape index (κ1) is 13.4. The highest BCUT2D eigenvalue weighted by molar-refractivity contribution is 6.81. The highest BCUT2D eigenvalue weighted by atomic mass is 28.3. The summed E-state index contributed by atoms with van der Waals surface area (Å²) in [5.41, 5.74) is 11.1. The Morgan fingerprint density at radius 2 is 1.65 bits per heavy atom. The van der Waals surface area contributed by atoms with Crippen molar-refractivity contribution in [1.29, 1.82) is 0 Å². The van der Waals surface area contributed by atoms with Gasteiger partial charge in [0.2, 0.25) is 0 Å². The second kappa shape index (κ2) is 4.74. The van der Waals surface area contributed by atoms with Crippen LogP contribution in [0, 0.1) is 0 Å². The van der Waals surface area contributed by atoms with E-state index in [-0.39, 0.29) is 0 Å². The smallest absolute Gasteiger partial charge is 0.0690 e. The normalized spacial score (nSPS) is 14.1. The first-order valence-corrected chi connectivity index (χ1v) is 10.9. The zero-order chi connectivity index (χ0) is 14.3. The van der Waals surface area contributed by atoms with E-state index in [0.29, 0.717) is 0 Å². The lowest BCUT2D eigenvalue weighted by molar-refractivity contribution is 1.26. The summed E-state index contributed by atoms with van der Waals surface area (Å²) in [7, 11) is -1.15. The fraction of sp³-hybridized carbons (Fsp3) is 0.263. The molecule has 0 unspecified atom stereocenters. The summed E-state index contributed by atoms with van der Waals surface area (Å²) in [5.74, 6) is 0. The number of hydrogen-bond acceptors (Lipinski definition) is 0. The molecule has 1 heteroatoms. The minimum atomic E-state index is -1.15. The summed E-state index contributed by atoms with van der Waals surface area (Å²) in [5, 5.41) is 0. The molecule has 0 bridgehead atoms. The quantitative estimate of drug-likeness (QED) is 0.540. The van der Waals surface area contributed by atoms with Crippen LogP contribution in [-0.2, 0) is 6.42 Å². The number of fused-ring (bicyclic) bond motifs is 3. The predicted molar refractivity (Wildman–Crippen MR) is 91.7 cm³/mol. The molecule has 1 aliphatic rings. The largest absolute Gasteiger partial charge is 0.0916 e. The Morgan fingerprint density at radius 1 is 0.950 bits per heavy atom. The van der Waals surface area contributed by atoms with Crippen molar-refractivity contribution >= 4 is 13.6 Å². The zero-order valence-corrected chi connectivity index (χ0v) is 13.8. The molecule has 2 aromatic rings. The van der Waals surface area contributed by atoms with Crippen LogP contribution in [0.25, 0.3) is 16.7 Å². The van der Waals surface area contributed by atoms with Crippen LogP contribution in [0.2, 0.25) is 19.6 Å². The summed E-state index contributed by atoms with van der Waals surface area (Å²) in [6.45, 7) is 9.42. The Kier molecular flexibility index (Phi) is 3.18. The Balaban J connectivity index is 2.01. The van der Waals surface area contributed by atoms with Crippen molar-refractivity contribution in [2.24, 2.45) is 0 Å². The minimum Gasteiger partial charge on any atom is -0.0916 e. The molecule has 0 aliphatic heterocycles. The van der Waals surface area contributed by atoms with Gasteiger partial charge in [-0.15, -0.1) is 0 Å². The molecule has 0 saturated carbocycles. The van der Waals surface area contributed by atoms with Crippen LogP contribution < -0.4 is 0 Å². The van der Waals surface area contributed by atoms with Crippen molar-refractivity contribution in [2.75, 3.05) is 0 Å². The Labute approximate surface area is 123 Å². The molecule has 0 nitrogen and oxygen atoms in total. The highest BCUT2D eigenvalue weighted by Crippen LogP contribution is 2.37. The Bertz CT molecular complexity index is 687. The molecule has 0 fully saturated rings. The van der Waals surface area contributed by atoms with E-state index in [4.69, 9.17) is 0 Å². The fourth-order valence-electron chi connectivity index (χ4n) is 3.12. The summed E-state index contributed by atoms with van der Waals surface area (Å²) >= 11 is 0. The molecule has 3 rings (SSSR count). The van der Waals surface area contributed by atoms with Gasteiger partial charge in [-0.3, -0.25) is 0 Å². The molecule has 0 atom stereocenters. The molecule has 102 valence electrons. The molecule has 20 heavy (non-hydrogen) atoms. The SMILES string of the molecule is C/C(=C\[Si](C)(C)C)c1ccc2c(c1)Cc1ccccc1-2. The van der Waals surface area contributed by atoms with Gasteiger partial charge >= 0.3 is 0 Å². The van der Waals surface area contributed by atoms with E-state index >= 15 is 0 Å². The number of hydrogen-bond donors (Lipinski definition) is 0. The maximum atomic E-state index is 2.50. The van der Waals surface area contributed by atoms with Gasteiger partial charge < -0.3 is 0 Å². The molecular formula is C19H22Si. The lowest BCUT2D eigenvalue weighted by atomic mass is 10.0. The summed E-state index contributed by atoms with van der Waals surface area (Å²) in [4.78, 5) is 0. The Morgan fingerprint density at radius 3 is 2.40 bits per heavy atom. The minimum absolute atomic E-state index is 1.08. The van der Waals surface area contributed by atoms with Gasteiger partial charge in [0.05, 0.1) is 8.07 Å². The van der Waals surface area contributed by atoms with Gasteiger partial charge in [0.25, 0.3) is 0 Å². The molecule has 0 spiro atoms. The van der Waals surface area contributed by atoms with Crippen LogP contribution >= 0.6 is 0 Å². The van der Waals surface area contributed by atoms with Crippen molar-refractivity contribution in [3.63, 3.8) is 0 Å². The van der Waals surface area contributed by atoms with Gasteiger partial charge in [-0.1, -0.05) is 73.4 Å². The van der Waals surface area contributed by atoms with E-state index in [0.717, 1.165) is 6.42 Å². The standard InChI is InChI=1S/C19H22Si/c1-14(13-20(2,3)4)15-9-10-19-17(11-15)12-16-7-5-6-8-18(16)19/h5-11,13H,12H2,1-4H3/b14-13+. The van der Waals surface area contributed by atoms with Gasteiger partial charge in [0.1, 0.15) is 0 Å². The number of rotatable bonds is 2. The van der Waals surface area contributed by atoms with Gasteiger partial charge in [0.15, 0.2) is 0 Å². The third-order valence-electron chi connectivity index (χ3n) is 3.90. The predicted octanol–water partition coefficient (Wildman–Crippen LogP) is 5.54. The van der Waals surface area contributed by atoms with E-state index in [9.17, 15) is 0 Å². The molecule has 1 aliphatic carbocycles. The fourth-order valence-corrected chi connectivity index (χ4v) is 4.59. The van der Waals surface area contributed by atoms with Crippen LogP contribution in [0.3, 0.4) is 0 Å². The third-order valence-corrected chi connectivity index (χ3v) is 5.20. The van der Waals surface area contributed by atoms with Crippen LogP contribution in [0.5, 0.6) is 0 Å². The molecule has 0 heterocycles. The summed E-state index contributed by atoms with van der Waals surface area (Å²) in [6, 6.07) is 15.7. The number of allylic oxidation sites excluding steroid dienone is 1. The van der Waals surface area contributed by atoms with Crippen molar-refractivity contribution < 1.29 is 0 Å². The van der Waals surface area contributed by atoms with Crippen molar-refractivity contribution in [2.45, 2.75) is 33.0 Å². The highest BCUT2D eigenvalue weighted by Gasteiger charge is 2.18. The lowest BCUT2D eigenvalue weighted by Crippen LogP contribution is -2.16. The molecule has 2 aromatic carbocycles. The second-order valence-electron chi connectivity index (χ2n) is 6.90. The van der Waals surface area contributed by atoms with Gasteiger partial charge in [-0.2, -0.15) is 0 Å². The maximum Gasteiger partial charge on any atom is 0.0690 e. The maximum absolute atomic E-state index is 2.50. The van der Waals surface area contributed by atoms with E-state index in [1.165, 1.54) is 33.4 Å². The lowest BCUT2D eigenvalue weighted by Gasteiger charge is -2.13. The molecule has 0 amide bonds. The van der Waals surface area contributed by atoms with Gasteiger partial charge in [-0.25, -0.2) is 0 Å². The van der Waals surface area contributed by atoms with E-state index in [1.54, 1.807) is 0 Å². The van der Waals surface area contributed by atoms with Crippen LogP contribution in [0.15, 0.2) is 48.2 Å². The summed E-state index contributed by atoms with van der Waals surface area (Å²) < 4.78 is 0. The summed E-state index contributed by atoms with van der Waals surface area (Å²) in [6.07, 6.45) is 1.08. The van der Waals surface area contributed by atoms with E-state index < -0.39 is 8.07 Å². The molecule has 0 radical (unpaired) electrons. The molecule has 0 N–H and O–H groups in total. The van der Waals surface area contributed by atoms with Crippen molar-refractivity contribution in [3.05, 3.63) is 64.9 Å². The average molecular weight is 278 g/mol. The third kappa shape index (κ3) is 2.50.